The predicted molar refractivity (Wildman–Crippen MR) is 79.2 cm³/mol. The fourth-order valence-electron chi connectivity index (χ4n) is 1.61. The molecular formula is C14H26O4Si. The number of esters is 1. The van der Waals surface area contributed by atoms with Crippen LogP contribution in [0.5, 0.6) is 0 Å². The third-order valence-electron chi connectivity index (χ3n) is 2.88. The van der Waals surface area contributed by atoms with E-state index in [1.165, 1.54) is 0 Å². The molecule has 19 heavy (non-hydrogen) atoms. The number of rotatable bonds is 11. The van der Waals surface area contributed by atoms with Crippen LogP contribution in [0.3, 0.4) is 0 Å². The Morgan fingerprint density at radius 2 is 2.05 bits per heavy atom. The number of carbonyl (C=O) groups is 1. The molecule has 0 rings (SSSR count). The van der Waals surface area contributed by atoms with Gasteiger partial charge in [0.2, 0.25) is 0 Å². The van der Waals surface area contributed by atoms with Crippen LogP contribution >= 0.6 is 0 Å². The van der Waals surface area contributed by atoms with Gasteiger partial charge in [-0.15, -0.1) is 6.58 Å². The van der Waals surface area contributed by atoms with Gasteiger partial charge in [0.15, 0.2) is 0 Å². The quantitative estimate of drug-likeness (QED) is 0.192. The van der Waals surface area contributed by atoms with Crippen molar-refractivity contribution < 1.29 is 18.4 Å². The summed E-state index contributed by atoms with van der Waals surface area (Å²) in [5.74, 6) is -0.339. The van der Waals surface area contributed by atoms with Crippen LogP contribution in [0.15, 0.2) is 24.8 Å². The number of ether oxygens (including phenoxy) is 1. The van der Waals surface area contributed by atoms with Crippen molar-refractivity contribution in [2.75, 3.05) is 20.3 Å². The third-order valence-corrected chi connectivity index (χ3v) is 6.55. The Bertz CT molecular complexity index is 298. The predicted octanol–water partition coefficient (Wildman–Crippen LogP) is 3.20. The van der Waals surface area contributed by atoms with Crippen molar-refractivity contribution in [3.63, 3.8) is 0 Å². The van der Waals surface area contributed by atoms with Crippen LogP contribution in [-0.4, -0.2) is 34.9 Å². The van der Waals surface area contributed by atoms with Gasteiger partial charge in [0.1, 0.15) is 0 Å². The van der Waals surface area contributed by atoms with Gasteiger partial charge in [-0.1, -0.05) is 19.6 Å². The Labute approximate surface area is 117 Å². The topological polar surface area (TPSA) is 44.8 Å². The van der Waals surface area contributed by atoms with Crippen LogP contribution in [0, 0.1) is 0 Å². The lowest BCUT2D eigenvalue weighted by atomic mass is 10.4. The molecule has 0 saturated heterocycles. The molecule has 1 unspecified atom stereocenters. The van der Waals surface area contributed by atoms with Crippen LogP contribution < -0.4 is 0 Å². The standard InChI is InChI=1S/C14H26O4Si/c1-6-8-11-18-19(7-2,16-5)12-9-10-17-14(15)13(3)4/h6H,1,3,7-12H2,2,4-5H3. The van der Waals surface area contributed by atoms with E-state index in [4.69, 9.17) is 13.6 Å². The molecule has 0 aromatic rings. The van der Waals surface area contributed by atoms with Crippen molar-refractivity contribution in [2.24, 2.45) is 0 Å². The van der Waals surface area contributed by atoms with Gasteiger partial charge < -0.3 is 13.6 Å². The average molecular weight is 286 g/mol. The summed E-state index contributed by atoms with van der Waals surface area (Å²) in [6.07, 6.45) is 3.41. The van der Waals surface area contributed by atoms with Gasteiger partial charge in [0.05, 0.1) is 6.61 Å². The van der Waals surface area contributed by atoms with Crippen molar-refractivity contribution in [2.45, 2.75) is 38.8 Å². The van der Waals surface area contributed by atoms with E-state index in [-0.39, 0.29) is 5.97 Å². The highest BCUT2D eigenvalue weighted by Gasteiger charge is 2.33. The molecule has 0 saturated carbocycles. The lowest BCUT2D eigenvalue weighted by Crippen LogP contribution is -2.40. The second-order valence-electron chi connectivity index (χ2n) is 4.41. The Morgan fingerprint density at radius 3 is 2.53 bits per heavy atom. The summed E-state index contributed by atoms with van der Waals surface area (Å²) in [5, 5.41) is 0. The minimum Gasteiger partial charge on any atom is -0.462 e. The highest BCUT2D eigenvalue weighted by Crippen LogP contribution is 2.20. The number of hydrogen-bond donors (Lipinski definition) is 0. The van der Waals surface area contributed by atoms with Crippen molar-refractivity contribution >= 4 is 14.5 Å². The lowest BCUT2D eigenvalue weighted by molar-refractivity contribution is -0.138. The molecule has 0 amide bonds. The van der Waals surface area contributed by atoms with Gasteiger partial charge >= 0.3 is 14.5 Å². The maximum atomic E-state index is 11.2. The SMILES string of the molecule is C=CCCO[Si](CC)(CCCOC(=O)C(=C)C)OC. The smallest absolute Gasteiger partial charge is 0.337 e. The zero-order chi connectivity index (χ0) is 14.7. The molecule has 1 atom stereocenters. The number of hydrogen-bond acceptors (Lipinski definition) is 4. The maximum Gasteiger partial charge on any atom is 0.337 e. The molecule has 0 aliphatic rings. The van der Waals surface area contributed by atoms with Crippen LogP contribution in [-0.2, 0) is 18.4 Å². The molecule has 4 nitrogen and oxygen atoms in total. The zero-order valence-electron chi connectivity index (χ0n) is 12.4. The second kappa shape index (κ2) is 9.94. The molecule has 0 aromatic carbocycles. The van der Waals surface area contributed by atoms with Gasteiger partial charge in [-0.25, -0.2) is 4.79 Å². The first-order chi connectivity index (χ1) is 9.01. The average Bonchev–Trinajstić information content (AvgIpc) is 2.41. The highest BCUT2D eigenvalue weighted by atomic mass is 28.4. The molecule has 0 aliphatic carbocycles. The molecule has 0 radical (unpaired) electrons. The van der Waals surface area contributed by atoms with Crippen LogP contribution in [0.4, 0.5) is 0 Å². The summed E-state index contributed by atoms with van der Waals surface area (Å²) in [6, 6.07) is 1.70. The summed E-state index contributed by atoms with van der Waals surface area (Å²) in [6.45, 7) is 12.0. The molecule has 0 fully saturated rings. The normalized spacial score (nSPS) is 13.6. The zero-order valence-corrected chi connectivity index (χ0v) is 13.4. The first-order valence-electron chi connectivity index (χ1n) is 6.64. The molecular weight excluding hydrogens is 260 g/mol. The summed E-state index contributed by atoms with van der Waals surface area (Å²) in [5.41, 5.74) is 0.424. The van der Waals surface area contributed by atoms with Crippen LogP contribution in [0.1, 0.15) is 26.7 Å². The number of carbonyl (C=O) groups excluding carboxylic acids is 1. The van der Waals surface area contributed by atoms with E-state index >= 15 is 0 Å². The van der Waals surface area contributed by atoms with Gasteiger partial charge in [-0.3, -0.25) is 0 Å². The van der Waals surface area contributed by atoms with Crippen LogP contribution in [0.2, 0.25) is 12.1 Å². The fourth-order valence-corrected chi connectivity index (χ4v) is 4.10. The molecule has 0 N–H and O–H groups in total. The Morgan fingerprint density at radius 1 is 1.37 bits per heavy atom. The van der Waals surface area contributed by atoms with Crippen molar-refractivity contribution in [3.8, 4) is 0 Å². The molecule has 0 aromatic heterocycles. The van der Waals surface area contributed by atoms with E-state index in [0.717, 1.165) is 24.9 Å². The van der Waals surface area contributed by atoms with E-state index in [1.807, 2.05) is 6.08 Å². The van der Waals surface area contributed by atoms with Crippen LogP contribution in [0.25, 0.3) is 0 Å². The van der Waals surface area contributed by atoms with Crippen molar-refractivity contribution in [3.05, 3.63) is 24.8 Å². The van der Waals surface area contributed by atoms with Crippen molar-refractivity contribution in [1.29, 1.82) is 0 Å². The second-order valence-corrected chi connectivity index (χ2v) is 8.14. The van der Waals surface area contributed by atoms with E-state index in [0.29, 0.717) is 18.8 Å². The minimum absolute atomic E-state index is 0.339. The summed E-state index contributed by atoms with van der Waals surface area (Å²) in [4.78, 5) is 11.2. The monoisotopic (exact) mass is 286 g/mol. The molecule has 0 heterocycles. The fraction of sp³-hybridized carbons (Fsp3) is 0.643. The molecule has 0 aliphatic heterocycles. The lowest BCUT2D eigenvalue weighted by Gasteiger charge is -2.27. The first kappa shape index (κ1) is 18.1. The van der Waals surface area contributed by atoms with Crippen molar-refractivity contribution in [1.82, 2.24) is 0 Å². The van der Waals surface area contributed by atoms with E-state index in [9.17, 15) is 4.79 Å². The third kappa shape index (κ3) is 7.30. The molecule has 5 heteroatoms. The molecule has 110 valence electrons. The Balaban J connectivity index is 4.09. The summed E-state index contributed by atoms with van der Waals surface area (Å²) in [7, 11) is -0.443. The van der Waals surface area contributed by atoms with E-state index in [1.54, 1.807) is 14.0 Å². The largest absolute Gasteiger partial charge is 0.462 e. The van der Waals surface area contributed by atoms with Gasteiger partial charge in [-0.05, 0) is 31.9 Å². The maximum absolute atomic E-state index is 11.2. The highest BCUT2D eigenvalue weighted by molar-refractivity contribution is 6.67. The first-order valence-corrected chi connectivity index (χ1v) is 8.87. The van der Waals surface area contributed by atoms with E-state index < -0.39 is 8.56 Å². The summed E-state index contributed by atoms with van der Waals surface area (Å²) >= 11 is 0. The minimum atomic E-state index is -2.14. The molecule has 0 spiro atoms. The molecule has 0 bridgehead atoms. The van der Waals surface area contributed by atoms with E-state index in [2.05, 4.69) is 20.1 Å². The summed E-state index contributed by atoms with van der Waals surface area (Å²) < 4.78 is 16.6. The Hall–Kier alpha value is -0.913. The van der Waals surface area contributed by atoms with Gasteiger partial charge in [0.25, 0.3) is 0 Å². The van der Waals surface area contributed by atoms with Gasteiger partial charge in [-0.2, -0.15) is 0 Å². The Kier molecular flexibility index (Phi) is 9.47. The van der Waals surface area contributed by atoms with Gasteiger partial charge in [0, 0.05) is 19.3 Å².